The maximum atomic E-state index is 12.1. The SMILES string of the molecule is CC(C(=O)N(C)Cc1cnn(-c2ccccc2)c1)S(C)(=O)=O. The van der Waals surface area contributed by atoms with Gasteiger partial charge in [-0.3, -0.25) is 4.79 Å². The Morgan fingerprint density at radius 1 is 1.32 bits per heavy atom. The van der Waals surface area contributed by atoms with Crippen LogP contribution in [0.4, 0.5) is 0 Å². The number of hydrogen-bond acceptors (Lipinski definition) is 4. The first-order valence-corrected chi connectivity index (χ1v) is 8.77. The number of rotatable bonds is 5. The molecule has 1 aromatic heterocycles. The van der Waals surface area contributed by atoms with E-state index in [4.69, 9.17) is 0 Å². The molecule has 0 aliphatic rings. The third-order valence-corrected chi connectivity index (χ3v) is 4.93. The summed E-state index contributed by atoms with van der Waals surface area (Å²) in [4.78, 5) is 13.5. The topological polar surface area (TPSA) is 72.3 Å². The van der Waals surface area contributed by atoms with E-state index < -0.39 is 21.0 Å². The predicted octanol–water partition coefficient (Wildman–Crippen LogP) is 1.26. The molecule has 0 saturated carbocycles. The first-order chi connectivity index (χ1) is 10.3. The van der Waals surface area contributed by atoms with Crippen LogP contribution in [0.1, 0.15) is 12.5 Å². The molecule has 0 spiro atoms. The summed E-state index contributed by atoms with van der Waals surface area (Å²) in [5.74, 6) is -0.421. The molecule has 2 aromatic rings. The van der Waals surface area contributed by atoms with Gasteiger partial charge in [0, 0.05) is 31.6 Å². The maximum absolute atomic E-state index is 12.1. The first kappa shape index (κ1) is 16.2. The Morgan fingerprint density at radius 3 is 2.55 bits per heavy atom. The molecule has 0 radical (unpaired) electrons. The lowest BCUT2D eigenvalue weighted by Crippen LogP contribution is -2.38. The van der Waals surface area contributed by atoms with Gasteiger partial charge < -0.3 is 4.90 Å². The van der Waals surface area contributed by atoms with E-state index in [1.54, 1.807) is 17.9 Å². The minimum Gasteiger partial charge on any atom is -0.340 e. The minimum atomic E-state index is -3.39. The fourth-order valence-electron chi connectivity index (χ4n) is 2.01. The largest absolute Gasteiger partial charge is 0.340 e. The van der Waals surface area contributed by atoms with Crippen LogP contribution in [0.15, 0.2) is 42.7 Å². The van der Waals surface area contributed by atoms with Crippen LogP contribution in [0.2, 0.25) is 0 Å². The highest BCUT2D eigenvalue weighted by molar-refractivity contribution is 7.92. The minimum absolute atomic E-state index is 0.311. The highest BCUT2D eigenvalue weighted by Gasteiger charge is 2.26. The zero-order valence-electron chi connectivity index (χ0n) is 12.8. The molecule has 22 heavy (non-hydrogen) atoms. The van der Waals surface area contributed by atoms with Crippen LogP contribution in [0, 0.1) is 0 Å². The Hall–Kier alpha value is -2.15. The van der Waals surface area contributed by atoms with E-state index in [2.05, 4.69) is 5.10 Å². The summed E-state index contributed by atoms with van der Waals surface area (Å²) < 4.78 is 24.6. The second kappa shape index (κ2) is 6.31. The molecule has 0 N–H and O–H groups in total. The van der Waals surface area contributed by atoms with Crippen molar-refractivity contribution in [3.05, 3.63) is 48.3 Å². The summed E-state index contributed by atoms with van der Waals surface area (Å²) in [7, 11) is -1.80. The van der Waals surface area contributed by atoms with Gasteiger partial charge in [-0.25, -0.2) is 13.1 Å². The lowest BCUT2D eigenvalue weighted by Gasteiger charge is -2.19. The predicted molar refractivity (Wildman–Crippen MR) is 84.3 cm³/mol. The summed E-state index contributed by atoms with van der Waals surface area (Å²) >= 11 is 0. The number of carbonyl (C=O) groups excluding carboxylic acids is 1. The molecule has 1 amide bonds. The summed E-state index contributed by atoms with van der Waals surface area (Å²) in [5.41, 5.74) is 1.76. The van der Waals surface area contributed by atoms with Gasteiger partial charge in [0.15, 0.2) is 9.84 Å². The van der Waals surface area contributed by atoms with E-state index in [-0.39, 0.29) is 0 Å². The molecule has 0 aliphatic heterocycles. The molecule has 0 aliphatic carbocycles. The number of nitrogens with zero attached hydrogens (tertiary/aromatic N) is 3. The average Bonchev–Trinajstić information content (AvgIpc) is 2.94. The molecule has 6 nitrogen and oxygen atoms in total. The van der Waals surface area contributed by atoms with Gasteiger partial charge in [0.1, 0.15) is 5.25 Å². The molecule has 1 unspecified atom stereocenters. The first-order valence-electron chi connectivity index (χ1n) is 6.82. The number of hydrogen-bond donors (Lipinski definition) is 0. The molecular weight excluding hydrogens is 302 g/mol. The summed E-state index contributed by atoms with van der Waals surface area (Å²) in [6.07, 6.45) is 4.56. The molecule has 7 heteroatoms. The van der Waals surface area contributed by atoms with Gasteiger partial charge in [-0.1, -0.05) is 18.2 Å². The Morgan fingerprint density at radius 2 is 1.95 bits per heavy atom. The second-order valence-corrected chi connectivity index (χ2v) is 7.66. The zero-order chi connectivity index (χ0) is 16.3. The monoisotopic (exact) mass is 321 g/mol. The van der Waals surface area contributed by atoms with Crippen LogP contribution in [0.25, 0.3) is 5.69 Å². The number of sulfone groups is 1. The number of para-hydroxylation sites is 1. The molecule has 0 fully saturated rings. The number of benzene rings is 1. The van der Waals surface area contributed by atoms with Crippen molar-refractivity contribution in [1.29, 1.82) is 0 Å². The fraction of sp³-hybridized carbons (Fsp3) is 0.333. The number of carbonyl (C=O) groups is 1. The Kier molecular flexibility index (Phi) is 4.65. The lowest BCUT2D eigenvalue weighted by molar-refractivity contribution is -0.129. The van der Waals surface area contributed by atoms with Crippen LogP contribution in [0.3, 0.4) is 0 Å². The molecule has 118 valence electrons. The smallest absolute Gasteiger partial charge is 0.240 e. The maximum Gasteiger partial charge on any atom is 0.240 e. The average molecular weight is 321 g/mol. The van der Waals surface area contributed by atoms with Gasteiger partial charge in [-0.2, -0.15) is 5.10 Å². The second-order valence-electron chi connectivity index (χ2n) is 5.29. The quantitative estimate of drug-likeness (QED) is 0.831. The van der Waals surface area contributed by atoms with E-state index in [1.165, 1.54) is 11.8 Å². The van der Waals surface area contributed by atoms with Gasteiger partial charge in [0.25, 0.3) is 0 Å². The van der Waals surface area contributed by atoms with Crippen LogP contribution in [-0.2, 0) is 21.2 Å². The van der Waals surface area contributed by atoms with Gasteiger partial charge in [-0.15, -0.1) is 0 Å². The lowest BCUT2D eigenvalue weighted by atomic mass is 10.3. The van der Waals surface area contributed by atoms with Crippen LogP contribution in [0.5, 0.6) is 0 Å². The van der Waals surface area contributed by atoms with E-state index >= 15 is 0 Å². The zero-order valence-corrected chi connectivity index (χ0v) is 13.6. The Labute approximate surface area is 130 Å². The molecule has 2 rings (SSSR count). The van der Waals surface area contributed by atoms with E-state index in [0.717, 1.165) is 17.5 Å². The van der Waals surface area contributed by atoms with E-state index in [0.29, 0.717) is 6.54 Å². The molecular formula is C15H19N3O3S. The third-order valence-electron chi connectivity index (χ3n) is 3.44. The Bertz CT molecular complexity index is 753. The molecule has 1 atom stereocenters. The van der Waals surface area contributed by atoms with Crippen LogP contribution >= 0.6 is 0 Å². The van der Waals surface area contributed by atoms with Crippen molar-refractivity contribution in [2.75, 3.05) is 13.3 Å². The van der Waals surface area contributed by atoms with E-state index in [9.17, 15) is 13.2 Å². The standard InChI is InChI=1S/C15H19N3O3S/c1-12(22(3,20)21)15(19)17(2)10-13-9-16-18(11-13)14-7-5-4-6-8-14/h4-9,11-12H,10H2,1-3H3. The summed E-state index contributed by atoms with van der Waals surface area (Å²) in [6, 6.07) is 9.61. The van der Waals surface area contributed by atoms with Gasteiger partial charge in [0.05, 0.1) is 11.9 Å². The number of aromatic nitrogens is 2. The van der Waals surface area contributed by atoms with Gasteiger partial charge in [-0.05, 0) is 19.1 Å². The highest BCUT2D eigenvalue weighted by Crippen LogP contribution is 2.11. The van der Waals surface area contributed by atoms with Crippen molar-refractivity contribution in [2.24, 2.45) is 0 Å². The van der Waals surface area contributed by atoms with Crippen LogP contribution < -0.4 is 0 Å². The van der Waals surface area contributed by atoms with Crippen molar-refractivity contribution < 1.29 is 13.2 Å². The van der Waals surface area contributed by atoms with Crippen molar-refractivity contribution in [2.45, 2.75) is 18.7 Å². The molecule has 1 heterocycles. The van der Waals surface area contributed by atoms with Gasteiger partial charge >= 0.3 is 0 Å². The van der Waals surface area contributed by atoms with E-state index in [1.807, 2.05) is 36.5 Å². The van der Waals surface area contributed by atoms with Crippen molar-refractivity contribution in [1.82, 2.24) is 14.7 Å². The normalized spacial score (nSPS) is 12.9. The highest BCUT2D eigenvalue weighted by atomic mass is 32.2. The molecule has 1 aromatic carbocycles. The fourth-order valence-corrected chi connectivity index (χ4v) is 2.56. The van der Waals surface area contributed by atoms with Gasteiger partial charge in [0.2, 0.25) is 5.91 Å². The molecule has 0 saturated heterocycles. The van der Waals surface area contributed by atoms with Crippen molar-refractivity contribution >= 4 is 15.7 Å². The third kappa shape index (κ3) is 3.73. The van der Waals surface area contributed by atoms with Crippen LogP contribution in [-0.4, -0.2) is 47.6 Å². The summed E-state index contributed by atoms with van der Waals surface area (Å²) in [5, 5.41) is 3.21. The van der Waals surface area contributed by atoms with Crippen molar-refractivity contribution in [3.8, 4) is 5.69 Å². The van der Waals surface area contributed by atoms with Crippen molar-refractivity contribution in [3.63, 3.8) is 0 Å². The molecule has 0 bridgehead atoms. The summed E-state index contributed by atoms with van der Waals surface area (Å²) in [6.45, 7) is 1.72. The number of amides is 1. The Balaban J connectivity index is 2.09.